The molecule has 0 aliphatic heterocycles. The first kappa shape index (κ1) is 21.6. The highest BCUT2D eigenvalue weighted by molar-refractivity contribution is 5.86. The molecule has 0 aromatic heterocycles. The molecule has 0 unspecified atom stereocenters. The summed E-state index contributed by atoms with van der Waals surface area (Å²) in [5.41, 5.74) is 0.365. The topological polar surface area (TPSA) is 61.8 Å². The normalized spacial score (nSPS) is 10.3. The van der Waals surface area contributed by atoms with Crippen LogP contribution >= 0.6 is 0 Å². The van der Waals surface area contributed by atoms with Gasteiger partial charge in [0.15, 0.2) is 0 Å². The fourth-order valence-electron chi connectivity index (χ4n) is 1.93. The molecule has 0 saturated carbocycles. The van der Waals surface area contributed by atoms with Crippen LogP contribution in [-0.4, -0.2) is 38.4 Å². The molecule has 5 heteroatoms. The molecule has 0 aromatic carbocycles. The van der Waals surface area contributed by atoms with Crippen LogP contribution in [0.3, 0.4) is 0 Å². The monoisotopic (exact) mass is 328 g/mol. The molecule has 5 nitrogen and oxygen atoms in total. The van der Waals surface area contributed by atoms with E-state index < -0.39 is 5.97 Å². The van der Waals surface area contributed by atoms with E-state index in [1.807, 2.05) is 0 Å². The van der Waals surface area contributed by atoms with Crippen molar-refractivity contribution in [1.82, 2.24) is 0 Å². The molecule has 0 atom stereocenters. The maximum absolute atomic E-state index is 11.5. The lowest BCUT2D eigenvalue weighted by Gasteiger charge is -2.07. The number of unbranched alkanes of at least 4 members (excludes halogenated alkanes) is 6. The van der Waals surface area contributed by atoms with Gasteiger partial charge in [-0.3, -0.25) is 4.79 Å². The number of ether oxygens (including phenoxy) is 3. The SMILES string of the molecule is C=C(C)C(=O)OCCOCCOC(=O)CCCCCCCCC. The van der Waals surface area contributed by atoms with Crippen LogP contribution in [0.15, 0.2) is 12.2 Å². The van der Waals surface area contributed by atoms with Crippen LogP contribution in [-0.2, 0) is 23.8 Å². The van der Waals surface area contributed by atoms with Crippen molar-refractivity contribution in [2.75, 3.05) is 26.4 Å². The number of hydrogen-bond donors (Lipinski definition) is 0. The molecule has 0 aromatic rings. The summed E-state index contributed by atoms with van der Waals surface area (Å²) in [6, 6.07) is 0. The van der Waals surface area contributed by atoms with Crippen molar-refractivity contribution in [3.63, 3.8) is 0 Å². The van der Waals surface area contributed by atoms with E-state index >= 15 is 0 Å². The molecule has 0 bridgehead atoms. The average molecular weight is 328 g/mol. The zero-order chi connectivity index (χ0) is 17.3. The fourth-order valence-corrected chi connectivity index (χ4v) is 1.93. The van der Waals surface area contributed by atoms with Crippen molar-refractivity contribution in [3.8, 4) is 0 Å². The minimum Gasteiger partial charge on any atom is -0.463 e. The van der Waals surface area contributed by atoms with Gasteiger partial charge in [-0.05, 0) is 13.3 Å². The predicted octanol–water partition coefficient (Wildman–Crippen LogP) is 3.81. The van der Waals surface area contributed by atoms with E-state index in [4.69, 9.17) is 14.2 Å². The third-order valence-corrected chi connectivity index (χ3v) is 3.28. The summed E-state index contributed by atoms with van der Waals surface area (Å²) in [5.74, 6) is -0.592. The predicted molar refractivity (Wildman–Crippen MR) is 90.2 cm³/mol. The average Bonchev–Trinajstić information content (AvgIpc) is 2.52. The third-order valence-electron chi connectivity index (χ3n) is 3.28. The third kappa shape index (κ3) is 15.3. The van der Waals surface area contributed by atoms with Crippen molar-refractivity contribution >= 4 is 11.9 Å². The summed E-state index contributed by atoms with van der Waals surface area (Å²) in [5, 5.41) is 0. The Kier molecular flexibility index (Phi) is 14.6. The van der Waals surface area contributed by atoms with Gasteiger partial charge in [-0.2, -0.15) is 0 Å². The second kappa shape index (κ2) is 15.5. The number of carbonyl (C=O) groups excluding carboxylic acids is 2. The minimum atomic E-state index is -0.422. The van der Waals surface area contributed by atoms with Gasteiger partial charge in [0.25, 0.3) is 0 Å². The molecule has 134 valence electrons. The highest BCUT2D eigenvalue weighted by Gasteiger charge is 2.04. The zero-order valence-corrected chi connectivity index (χ0v) is 14.7. The Hall–Kier alpha value is -1.36. The van der Waals surface area contributed by atoms with Gasteiger partial charge >= 0.3 is 11.9 Å². The standard InChI is InChI=1S/C18H32O5/c1-4-5-6-7-8-9-10-11-17(19)22-14-12-21-13-15-23-18(20)16(2)3/h2,4-15H2,1,3H3. The lowest BCUT2D eigenvalue weighted by atomic mass is 10.1. The molecule has 0 saturated heterocycles. The van der Waals surface area contributed by atoms with Crippen LogP contribution in [0.4, 0.5) is 0 Å². The maximum Gasteiger partial charge on any atom is 0.333 e. The van der Waals surface area contributed by atoms with E-state index in [9.17, 15) is 9.59 Å². The van der Waals surface area contributed by atoms with Gasteiger partial charge in [0.05, 0.1) is 13.2 Å². The molecule has 0 aliphatic rings. The number of hydrogen-bond acceptors (Lipinski definition) is 5. The molecule has 0 fully saturated rings. The summed E-state index contributed by atoms with van der Waals surface area (Å²) in [4.78, 5) is 22.5. The van der Waals surface area contributed by atoms with Gasteiger partial charge in [0, 0.05) is 12.0 Å². The first-order chi connectivity index (χ1) is 11.1. The van der Waals surface area contributed by atoms with Crippen LogP contribution in [0.25, 0.3) is 0 Å². The van der Waals surface area contributed by atoms with Crippen LogP contribution in [0.2, 0.25) is 0 Å². The van der Waals surface area contributed by atoms with Crippen LogP contribution in [0.5, 0.6) is 0 Å². The Morgan fingerprint density at radius 1 is 0.826 bits per heavy atom. The highest BCUT2D eigenvalue weighted by Crippen LogP contribution is 2.08. The van der Waals surface area contributed by atoms with Gasteiger partial charge in [-0.25, -0.2) is 4.79 Å². The summed E-state index contributed by atoms with van der Waals surface area (Å²) in [6.07, 6.45) is 8.75. The minimum absolute atomic E-state index is 0.170. The van der Waals surface area contributed by atoms with Crippen LogP contribution in [0, 0.1) is 0 Å². The Labute approximate surface area is 140 Å². The zero-order valence-electron chi connectivity index (χ0n) is 14.7. The first-order valence-corrected chi connectivity index (χ1v) is 8.64. The number of rotatable bonds is 15. The quantitative estimate of drug-likeness (QED) is 0.260. The maximum atomic E-state index is 11.5. The molecule has 0 amide bonds. The smallest absolute Gasteiger partial charge is 0.333 e. The first-order valence-electron chi connectivity index (χ1n) is 8.64. The molecule has 0 spiro atoms. The summed E-state index contributed by atoms with van der Waals surface area (Å²) < 4.78 is 15.1. The molecule has 0 aliphatic carbocycles. The van der Waals surface area contributed by atoms with Crippen molar-refractivity contribution in [1.29, 1.82) is 0 Å². The fraction of sp³-hybridized carbons (Fsp3) is 0.778. The van der Waals surface area contributed by atoms with Crippen molar-refractivity contribution in [2.24, 2.45) is 0 Å². The Morgan fingerprint density at radius 2 is 1.39 bits per heavy atom. The summed E-state index contributed by atoms with van der Waals surface area (Å²) >= 11 is 0. The summed E-state index contributed by atoms with van der Waals surface area (Å²) in [6.45, 7) is 8.29. The largest absolute Gasteiger partial charge is 0.463 e. The highest BCUT2D eigenvalue weighted by atomic mass is 16.6. The van der Waals surface area contributed by atoms with Crippen molar-refractivity contribution in [3.05, 3.63) is 12.2 Å². The number of esters is 2. The summed E-state index contributed by atoms with van der Waals surface area (Å²) in [7, 11) is 0. The van der Waals surface area contributed by atoms with Crippen molar-refractivity contribution in [2.45, 2.75) is 65.2 Å². The second-order valence-corrected chi connectivity index (χ2v) is 5.62. The van der Waals surface area contributed by atoms with E-state index in [1.54, 1.807) is 6.92 Å². The van der Waals surface area contributed by atoms with E-state index in [-0.39, 0.29) is 25.8 Å². The Morgan fingerprint density at radius 3 is 2.00 bits per heavy atom. The van der Waals surface area contributed by atoms with Gasteiger partial charge in [0.1, 0.15) is 13.2 Å². The second-order valence-electron chi connectivity index (χ2n) is 5.62. The van der Waals surface area contributed by atoms with Gasteiger partial charge in [0.2, 0.25) is 0 Å². The van der Waals surface area contributed by atoms with E-state index in [1.165, 1.54) is 32.1 Å². The lowest BCUT2D eigenvalue weighted by Crippen LogP contribution is -2.14. The Balaban J connectivity index is 3.27. The van der Waals surface area contributed by atoms with Crippen molar-refractivity contribution < 1.29 is 23.8 Å². The van der Waals surface area contributed by atoms with Gasteiger partial charge < -0.3 is 14.2 Å². The molecule has 23 heavy (non-hydrogen) atoms. The van der Waals surface area contributed by atoms with Crippen LogP contribution < -0.4 is 0 Å². The van der Waals surface area contributed by atoms with Crippen LogP contribution in [0.1, 0.15) is 65.2 Å². The van der Waals surface area contributed by atoms with E-state index in [2.05, 4.69) is 13.5 Å². The Bertz CT molecular complexity index is 338. The molecular weight excluding hydrogens is 296 g/mol. The van der Waals surface area contributed by atoms with Gasteiger partial charge in [-0.15, -0.1) is 0 Å². The molecular formula is C18H32O5. The molecule has 0 N–H and O–H groups in total. The lowest BCUT2D eigenvalue weighted by molar-refractivity contribution is -0.145. The van der Waals surface area contributed by atoms with Gasteiger partial charge in [-0.1, -0.05) is 52.0 Å². The van der Waals surface area contributed by atoms with E-state index in [0.717, 1.165) is 12.8 Å². The molecule has 0 radical (unpaired) electrons. The molecule has 0 rings (SSSR count). The molecule has 0 heterocycles. The van der Waals surface area contributed by atoms with E-state index in [0.29, 0.717) is 18.6 Å². The number of carbonyl (C=O) groups is 2.